The monoisotopic (exact) mass is 222 g/mol. The van der Waals surface area contributed by atoms with E-state index in [1.54, 1.807) is 7.11 Å². The molecule has 0 radical (unpaired) electrons. The molecule has 90 valence electrons. The first-order valence-corrected chi connectivity index (χ1v) is 5.82. The summed E-state index contributed by atoms with van der Waals surface area (Å²) in [6, 6.07) is 7.99. The zero-order valence-electron chi connectivity index (χ0n) is 10.6. The Labute approximate surface area is 98.3 Å². The van der Waals surface area contributed by atoms with Crippen LogP contribution in [0.1, 0.15) is 38.0 Å². The average molecular weight is 222 g/mol. The second kappa shape index (κ2) is 6.02. The molecule has 16 heavy (non-hydrogen) atoms. The number of methoxy groups -OCH3 is 1. The van der Waals surface area contributed by atoms with Crippen LogP contribution in [0.25, 0.3) is 0 Å². The molecule has 0 saturated heterocycles. The summed E-state index contributed by atoms with van der Waals surface area (Å²) in [7, 11) is 1.68. The molecular formula is C14H22O2. The summed E-state index contributed by atoms with van der Waals surface area (Å²) >= 11 is 0. The van der Waals surface area contributed by atoms with Crippen LogP contribution in [0.2, 0.25) is 0 Å². The summed E-state index contributed by atoms with van der Waals surface area (Å²) < 4.78 is 5.05. The minimum absolute atomic E-state index is 0.272. The molecule has 0 saturated carbocycles. The summed E-state index contributed by atoms with van der Waals surface area (Å²) in [6.07, 6.45) is -0.378. The van der Waals surface area contributed by atoms with E-state index >= 15 is 0 Å². The van der Waals surface area contributed by atoms with Crippen molar-refractivity contribution in [3.63, 3.8) is 0 Å². The number of hydrogen-bond acceptors (Lipinski definition) is 2. The Morgan fingerprint density at radius 3 is 2.12 bits per heavy atom. The Morgan fingerprint density at radius 2 is 1.69 bits per heavy atom. The molecule has 1 rings (SSSR count). The molecule has 1 N–H and O–H groups in total. The van der Waals surface area contributed by atoms with Crippen LogP contribution >= 0.6 is 0 Å². The molecule has 0 amide bonds. The van der Waals surface area contributed by atoms with Gasteiger partial charge in [0.05, 0.1) is 12.7 Å². The highest BCUT2D eigenvalue weighted by atomic mass is 16.5. The highest BCUT2D eigenvalue weighted by Gasteiger charge is 2.19. The van der Waals surface area contributed by atoms with Gasteiger partial charge in [-0.25, -0.2) is 0 Å². The maximum Gasteiger partial charge on any atom is 0.0818 e. The average Bonchev–Trinajstić information content (AvgIpc) is 2.28. The maximum absolute atomic E-state index is 10.1. The van der Waals surface area contributed by atoms with Crippen LogP contribution < -0.4 is 0 Å². The van der Waals surface area contributed by atoms with E-state index in [0.29, 0.717) is 12.5 Å². The van der Waals surface area contributed by atoms with Crippen LogP contribution in [0, 0.1) is 11.8 Å². The topological polar surface area (TPSA) is 29.5 Å². The minimum Gasteiger partial charge on any atom is -0.388 e. The minimum atomic E-state index is -0.378. The van der Waals surface area contributed by atoms with Gasteiger partial charge in [-0.05, 0) is 23.0 Å². The molecule has 0 spiro atoms. The zero-order valence-corrected chi connectivity index (χ0v) is 10.6. The number of ether oxygens (including phenoxy) is 1. The second-order valence-electron chi connectivity index (χ2n) is 4.72. The van der Waals surface area contributed by atoms with E-state index in [9.17, 15) is 5.11 Å². The van der Waals surface area contributed by atoms with Crippen LogP contribution in [0.15, 0.2) is 24.3 Å². The van der Waals surface area contributed by atoms with Crippen LogP contribution in [0.5, 0.6) is 0 Å². The molecule has 0 aliphatic carbocycles. The normalized spacial score (nSPS) is 15.1. The standard InChI is InChI=1S/C14H22O2/c1-10(2)11(3)14(15)13-7-5-12(6-8-13)9-16-4/h5-8,10-11,14-15H,9H2,1-4H3. The summed E-state index contributed by atoms with van der Waals surface area (Å²) in [6.45, 7) is 6.97. The fourth-order valence-electron chi connectivity index (χ4n) is 1.65. The van der Waals surface area contributed by atoms with E-state index in [4.69, 9.17) is 4.74 Å². The van der Waals surface area contributed by atoms with Gasteiger partial charge in [0.1, 0.15) is 0 Å². The molecule has 0 aromatic heterocycles. The zero-order chi connectivity index (χ0) is 12.1. The van der Waals surface area contributed by atoms with Crippen molar-refractivity contribution < 1.29 is 9.84 Å². The number of aliphatic hydroxyl groups is 1. The number of rotatable bonds is 5. The van der Waals surface area contributed by atoms with E-state index in [2.05, 4.69) is 20.8 Å². The fraction of sp³-hybridized carbons (Fsp3) is 0.571. The largest absolute Gasteiger partial charge is 0.388 e. The SMILES string of the molecule is COCc1ccc(C(O)C(C)C(C)C)cc1. The summed E-state index contributed by atoms with van der Waals surface area (Å²) in [4.78, 5) is 0. The molecule has 1 aromatic carbocycles. The van der Waals surface area contributed by atoms with E-state index in [1.165, 1.54) is 0 Å². The van der Waals surface area contributed by atoms with Crippen molar-refractivity contribution in [3.05, 3.63) is 35.4 Å². The van der Waals surface area contributed by atoms with Gasteiger partial charge >= 0.3 is 0 Å². The van der Waals surface area contributed by atoms with Gasteiger partial charge < -0.3 is 9.84 Å². The molecule has 0 aliphatic rings. The summed E-state index contributed by atoms with van der Waals surface area (Å²) in [5.41, 5.74) is 2.12. The molecular weight excluding hydrogens is 200 g/mol. The van der Waals surface area contributed by atoms with Crippen molar-refractivity contribution in [2.45, 2.75) is 33.5 Å². The lowest BCUT2D eigenvalue weighted by atomic mass is 9.88. The molecule has 2 unspecified atom stereocenters. The summed E-state index contributed by atoms with van der Waals surface area (Å²) in [5, 5.41) is 10.1. The Kier molecular flexibility index (Phi) is 4.97. The van der Waals surface area contributed by atoms with Crippen molar-refractivity contribution in [1.29, 1.82) is 0 Å². The van der Waals surface area contributed by atoms with Gasteiger partial charge in [0.15, 0.2) is 0 Å². The van der Waals surface area contributed by atoms with Crippen molar-refractivity contribution in [1.82, 2.24) is 0 Å². The predicted octanol–water partition coefficient (Wildman–Crippen LogP) is 3.16. The number of hydrogen-bond donors (Lipinski definition) is 1. The maximum atomic E-state index is 10.1. The van der Waals surface area contributed by atoms with Gasteiger partial charge in [-0.1, -0.05) is 45.0 Å². The first-order valence-electron chi connectivity index (χ1n) is 5.82. The van der Waals surface area contributed by atoms with Gasteiger partial charge in [-0.2, -0.15) is 0 Å². The molecule has 2 heteroatoms. The van der Waals surface area contributed by atoms with Gasteiger partial charge in [-0.3, -0.25) is 0 Å². The molecule has 0 aliphatic heterocycles. The third kappa shape index (κ3) is 3.32. The number of benzene rings is 1. The van der Waals surface area contributed by atoms with E-state index < -0.39 is 0 Å². The lowest BCUT2D eigenvalue weighted by Gasteiger charge is -2.22. The molecule has 1 aromatic rings. The Balaban J connectivity index is 2.73. The van der Waals surface area contributed by atoms with Crippen LogP contribution in [0.4, 0.5) is 0 Å². The second-order valence-corrected chi connectivity index (χ2v) is 4.72. The first kappa shape index (κ1) is 13.2. The molecule has 2 atom stereocenters. The Bertz CT molecular complexity index is 303. The van der Waals surface area contributed by atoms with E-state index in [-0.39, 0.29) is 12.0 Å². The van der Waals surface area contributed by atoms with Crippen LogP contribution in [-0.4, -0.2) is 12.2 Å². The Morgan fingerprint density at radius 1 is 1.12 bits per heavy atom. The summed E-state index contributed by atoms with van der Waals surface area (Å²) in [5.74, 6) is 0.752. The molecule has 2 nitrogen and oxygen atoms in total. The van der Waals surface area contributed by atoms with E-state index in [1.807, 2.05) is 24.3 Å². The van der Waals surface area contributed by atoms with Gasteiger partial charge in [0.25, 0.3) is 0 Å². The lowest BCUT2D eigenvalue weighted by Crippen LogP contribution is -2.14. The Hall–Kier alpha value is -0.860. The molecule has 0 fully saturated rings. The van der Waals surface area contributed by atoms with Crippen LogP contribution in [-0.2, 0) is 11.3 Å². The molecule has 0 bridgehead atoms. The smallest absolute Gasteiger partial charge is 0.0818 e. The molecule has 0 heterocycles. The van der Waals surface area contributed by atoms with Gasteiger partial charge in [0, 0.05) is 7.11 Å². The van der Waals surface area contributed by atoms with Crippen LogP contribution in [0.3, 0.4) is 0 Å². The van der Waals surface area contributed by atoms with Crippen molar-refractivity contribution >= 4 is 0 Å². The van der Waals surface area contributed by atoms with Crippen molar-refractivity contribution in [2.75, 3.05) is 7.11 Å². The van der Waals surface area contributed by atoms with Gasteiger partial charge in [0.2, 0.25) is 0 Å². The van der Waals surface area contributed by atoms with Crippen molar-refractivity contribution in [3.8, 4) is 0 Å². The fourth-order valence-corrected chi connectivity index (χ4v) is 1.65. The third-order valence-electron chi connectivity index (χ3n) is 3.18. The lowest BCUT2D eigenvalue weighted by molar-refractivity contribution is 0.0920. The quantitative estimate of drug-likeness (QED) is 0.829. The van der Waals surface area contributed by atoms with Gasteiger partial charge in [-0.15, -0.1) is 0 Å². The number of aliphatic hydroxyl groups excluding tert-OH is 1. The van der Waals surface area contributed by atoms with Crippen molar-refractivity contribution in [2.24, 2.45) is 11.8 Å². The first-order chi connectivity index (χ1) is 7.56. The highest BCUT2D eigenvalue weighted by molar-refractivity contribution is 5.24. The van der Waals surface area contributed by atoms with E-state index in [0.717, 1.165) is 11.1 Å². The predicted molar refractivity (Wildman–Crippen MR) is 66.1 cm³/mol. The highest BCUT2D eigenvalue weighted by Crippen LogP contribution is 2.27. The third-order valence-corrected chi connectivity index (χ3v) is 3.18.